The number of carbonyl (C=O) groups is 2. The Kier molecular flexibility index (Phi) is 8.28. The molecule has 0 bridgehead atoms. The Morgan fingerprint density at radius 2 is 1.49 bits per heavy atom. The van der Waals surface area contributed by atoms with Gasteiger partial charge in [-0.3, -0.25) is 13.9 Å². The lowest BCUT2D eigenvalue weighted by atomic mass is 10.1. The van der Waals surface area contributed by atoms with Gasteiger partial charge in [-0.15, -0.1) is 0 Å². The molecule has 0 aliphatic carbocycles. The van der Waals surface area contributed by atoms with Crippen molar-refractivity contribution >= 4 is 33.2 Å². The Balaban J connectivity index is 1.62. The van der Waals surface area contributed by atoms with E-state index in [1.54, 1.807) is 54.6 Å². The molecule has 3 aromatic rings. The number of rotatable bonds is 7. The van der Waals surface area contributed by atoms with Gasteiger partial charge in [0.05, 0.1) is 21.8 Å². The average molecular weight is 520 g/mol. The number of nitrogens with zero attached hydrogens (tertiary/aromatic N) is 2. The number of hydrogen-bond donors (Lipinski definition) is 1. The molecule has 1 fully saturated rings. The molecule has 37 heavy (non-hydrogen) atoms. The molecule has 3 aromatic carbocycles. The highest BCUT2D eigenvalue weighted by Gasteiger charge is 2.28. The maximum atomic E-state index is 13.6. The van der Waals surface area contributed by atoms with E-state index in [-0.39, 0.29) is 10.8 Å². The van der Waals surface area contributed by atoms with Gasteiger partial charge in [0.25, 0.3) is 15.9 Å². The molecule has 0 radical (unpaired) electrons. The second-order valence-corrected chi connectivity index (χ2v) is 11.3. The van der Waals surface area contributed by atoms with Crippen LogP contribution in [0.25, 0.3) is 0 Å². The van der Waals surface area contributed by atoms with Gasteiger partial charge >= 0.3 is 0 Å². The number of aryl methyl sites for hydroxylation is 2. The summed E-state index contributed by atoms with van der Waals surface area (Å²) >= 11 is 0. The lowest BCUT2D eigenvalue weighted by Crippen LogP contribution is -2.38. The van der Waals surface area contributed by atoms with Crippen LogP contribution in [0.1, 0.15) is 47.2 Å². The van der Waals surface area contributed by atoms with Crippen molar-refractivity contribution in [2.75, 3.05) is 29.3 Å². The zero-order chi connectivity index (χ0) is 26.4. The van der Waals surface area contributed by atoms with Crippen LogP contribution in [-0.4, -0.2) is 44.8 Å². The summed E-state index contributed by atoms with van der Waals surface area (Å²) in [5, 5.41) is 2.80. The molecular formula is C29H33N3O4S. The maximum absolute atomic E-state index is 13.6. The van der Waals surface area contributed by atoms with Crippen LogP contribution in [0, 0.1) is 13.8 Å². The lowest BCUT2D eigenvalue weighted by molar-refractivity contribution is -0.114. The molecule has 0 aromatic heterocycles. The largest absolute Gasteiger partial charge is 0.339 e. The summed E-state index contributed by atoms with van der Waals surface area (Å²) in [5.41, 5.74) is 3.11. The van der Waals surface area contributed by atoms with E-state index in [2.05, 4.69) is 5.32 Å². The van der Waals surface area contributed by atoms with Gasteiger partial charge in [-0.2, -0.15) is 0 Å². The lowest BCUT2D eigenvalue weighted by Gasteiger charge is -2.25. The molecule has 0 spiro atoms. The highest BCUT2D eigenvalue weighted by Crippen LogP contribution is 2.26. The summed E-state index contributed by atoms with van der Waals surface area (Å²) in [6, 6.07) is 20.2. The number of benzene rings is 3. The van der Waals surface area contributed by atoms with Crippen LogP contribution in [-0.2, 0) is 14.8 Å². The second kappa shape index (κ2) is 11.6. The fourth-order valence-electron chi connectivity index (χ4n) is 4.46. The number of carbonyl (C=O) groups excluding carboxylic acids is 2. The van der Waals surface area contributed by atoms with Crippen molar-refractivity contribution in [1.29, 1.82) is 0 Å². The van der Waals surface area contributed by atoms with E-state index in [1.807, 2.05) is 24.8 Å². The molecule has 194 valence electrons. The minimum Gasteiger partial charge on any atom is -0.339 e. The number of hydrogen-bond acceptors (Lipinski definition) is 4. The van der Waals surface area contributed by atoms with Crippen molar-refractivity contribution in [3.63, 3.8) is 0 Å². The average Bonchev–Trinajstić information content (AvgIpc) is 3.19. The SMILES string of the molecule is Cc1ccc(N(CC(=O)Nc2ccccc2C(=O)N2CCCCCC2)S(=O)(=O)c2ccccc2)cc1C. The van der Waals surface area contributed by atoms with Gasteiger partial charge in [-0.25, -0.2) is 8.42 Å². The Morgan fingerprint density at radius 3 is 2.16 bits per heavy atom. The first kappa shape index (κ1) is 26.4. The Labute approximate surface area is 219 Å². The summed E-state index contributed by atoms with van der Waals surface area (Å²) in [4.78, 5) is 28.5. The summed E-state index contributed by atoms with van der Waals surface area (Å²) in [7, 11) is -4.02. The predicted molar refractivity (Wildman–Crippen MR) is 146 cm³/mol. The molecule has 7 nitrogen and oxygen atoms in total. The van der Waals surface area contributed by atoms with Crippen molar-refractivity contribution in [3.05, 3.63) is 89.5 Å². The van der Waals surface area contributed by atoms with Crippen LogP contribution >= 0.6 is 0 Å². The third kappa shape index (κ3) is 6.20. The molecule has 2 amide bonds. The molecule has 1 aliphatic heterocycles. The van der Waals surface area contributed by atoms with Gasteiger partial charge in [0, 0.05) is 13.1 Å². The summed E-state index contributed by atoms with van der Waals surface area (Å²) in [6.45, 7) is 4.79. The van der Waals surface area contributed by atoms with Crippen molar-refractivity contribution in [3.8, 4) is 0 Å². The van der Waals surface area contributed by atoms with E-state index >= 15 is 0 Å². The highest BCUT2D eigenvalue weighted by molar-refractivity contribution is 7.92. The number of amides is 2. The van der Waals surface area contributed by atoms with E-state index in [1.165, 1.54) is 12.1 Å². The third-order valence-electron chi connectivity index (χ3n) is 6.72. The monoisotopic (exact) mass is 519 g/mol. The molecule has 4 rings (SSSR count). The number of sulfonamides is 1. The number of likely N-dealkylation sites (tertiary alicyclic amines) is 1. The van der Waals surface area contributed by atoms with Crippen LogP contribution in [0.3, 0.4) is 0 Å². The Morgan fingerprint density at radius 1 is 0.838 bits per heavy atom. The van der Waals surface area contributed by atoms with Crippen LogP contribution in [0.2, 0.25) is 0 Å². The van der Waals surface area contributed by atoms with Gasteiger partial charge in [-0.05, 0) is 74.2 Å². The fourth-order valence-corrected chi connectivity index (χ4v) is 5.89. The predicted octanol–water partition coefficient (Wildman–Crippen LogP) is 5.15. The standard InChI is InChI=1S/C29H33N3O4S/c1-22-16-17-24(20-23(22)2)32(37(35,36)25-12-6-5-7-13-25)21-28(33)30-27-15-9-8-14-26(27)29(34)31-18-10-3-4-11-19-31/h5-9,12-17,20H,3-4,10-11,18-19,21H2,1-2H3,(H,30,33). The van der Waals surface area contributed by atoms with Crippen molar-refractivity contribution in [2.45, 2.75) is 44.4 Å². The molecule has 0 unspecified atom stereocenters. The summed E-state index contributed by atoms with van der Waals surface area (Å²) < 4.78 is 28.3. The van der Waals surface area contributed by atoms with Crippen molar-refractivity contribution in [2.24, 2.45) is 0 Å². The van der Waals surface area contributed by atoms with Crippen LogP contribution < -0.4 is 9.62 Å². The second-order valence-electron chi connectivity index (χ2n) is 9.39. The molecule has 0 saturated carbocycles. The van der Waals surface area contributed by atoms with Gasteiger partial charge in [0.2, 0.25) is 5.91 Å². The number of nitrogens with one attached hydrogen (secondary N) is 1. The first-order chi connectivity index (χ1) is 17.8. The Bertz CT molecular complexity index is 1360. The summed E-state index contributed by atoms with van der Waals surface area (Å²) in [5.74, 6) is -0.658. The normalized spacial score (nSPS) is 14.1. The van der Waals surface area contributed by atoms with Gasteiger partial charge in [0.1, 0.15) is 6.54 Å². The molecule has 1 saturated heterocycles. The minimum atomic E-state index is -4.02. The maximum Gasteiger partial charge on any atom is 0.264 e. The third-order valence-corrected chi connectivity index (χ3v) is 8.51. The van der Waals surface area contributed by atoms with Gasteiger partial charge in [-0.1, -0.05) is 49.2 Å². The smallest absolute Gasteiger partial charge is 0.264 e. The molecule has 0 atom stereocenters. The fraction of sp³-hybridized carbons (Fsp3) is 0.310. The van der Waals surface area contributed by atoms with E-state index in [0.29, 0.717) is 30.0 Å². The molecule has 1 heterocycles. The van der Waals surface area contributed by atoms with E-state index in [0.717, 1.165) is 41.1 Å². The quantitative estimate of drug-likeness (QED) is 0.468. The Hall–Kier alpha value is -3.65. The number of anilines is 2. The highest BCUT2D eigenvalue weighted by atomic mass is 32.2. The molecule has 1 N–H and O–H groups in total. The van der Waals surface area contributed by atoms with Crippen molar-refractivity contribution < 1.29 is 18.0 Å². The number of para-hydroxylation sites is 1. The van der Waals surface area contributed by atoms with Crippen LogP contribution in [0.15, 0.2) is 77.7 Å². The molecular weight excluding hydrogens is 486 g/mol. The molecule has 1 aliphatic rings. The van der Waals surface area contributed by atoms with Crippen molar-refractivity contribution in [1.82, 2.24) is 4.90 Å². The zero-order valence-electron chi connectivity index (χ0n) is 21.3. The van der Waals surface area contributed by atoms with Crippen LogP contribution in [0.5, 0.6) is 0 Å². The molecule has 8 heteroatoms. The van der Waals surface area contributed by atoms with Crippen LogP contribution in [0.4, 0.5) is 11.4 Å². The first-order valence-corrected chi connectivity index (χ1v) is 14.0. The zero-order valence-corrected chi connectivity index (χ0v) is 22.1. The van der Waals surface area contributed by atoms with Gasteiger partial charge in [0.15, 0.2) is 0 Å². The van der Waals surface area contributed by atoms with E-state index in [4.69, 9.17) is 0 Å². The minimum absolute atomic E-state index is 0.0952. The first-order valence-electron chi connectivity index (χ1n) is 12.6. The topological polar surface area (TPSA) is 86.8 Å². The summed E-state index contributed by atoms with van der Waals surface area (Å²) in [6.07, 6.45) is 4.13. The van der Waals surface area contributed by atoms with E-state index < -0.39 is 22.5 Å². The van der Waals surface area contributed by atoms with Gasteiger partial charge < -0.3 is 10.2 Å². The van der Waals surface area contributed by atoms with E-state index in [9.17, 15) is 18.0 Å².